The van der Waals surface area contributed by atoms with Gasteiger partial charge in [0.05, 0.1) is 37.2 Å². The van der Waals surface area contributed by atoms with E-state index < -0.39 is 47.9 Å². The van der Waals surface area contributed by atoms with Crippen molar-refractivity contribution in [3.63, 3.8) is 0 Å². The van der Waals surface area contributed by atoms with Gasteiger partial charge in [-0.25, -0.2) is 9.59 Å². The second kappa shape index (κ2) is 10.4. The Kier molecular flexibility index (Phi) is 9.37. The Bertz CT molecular complexity index is 470. The molecule has 0 rings (SSSR count). The fourth-order valence-electron chi connectivity index (χ4n) is 1.53. The lowest BCUT2D eigenvalue weighted by Crippen LogP contribution is -2.20. The van der Waals surface area contributed by atoms with Gasteiger partial charge in [0.15, 0.2) is 0 Å². The second-order valence-corrected chi connectivity index (χ2v) is 6.07. The van der Waals surface area contributed by atoms with Crippen LogP contribution in [0.15, 0.2) is 11.1 Å². The standard InChI is InChI=1S/C16H24O8/c1-9(2)7-23-13(17)5-11(15(19)20)12(16(21)22)6-14(18)24-8-10(3)4/h9-10H,5-8H2,1-4H3,(H,19,20)(H,21,22)/b12-11+. The molecule has 0 heterocycles. The molecule has 0 radical (unpaired) electrons. The first-order valence-corrected chi connectivity index (χ1v) is 7.54. The first-order valence-electron chi connectivity index (χ1n) is 7.54. The number of rotatable bonds is 10. The predicted molar refractivity (Wildman–Crippen MR) is 83.1 cm³/mol. The third kappa shape index (κ3) is 8.92. The summed E-state index contributed by atoms with van der Waals surface area (Å²) in [5.74, 6) is -4.81. The number of hydrogen-bond acceptors (Lipinski definition) is 6. The molecule has 2 N–H and O–H groups in total. The van der Waals surface area contributed by atoms with Crippen LogP contribution in [0.5, 0.6) is 0 Å². The molecule has 0 aromatic heterocycles. The molecule has 8 heteroatoms. The minimum atomic E-state index is -1.59. The molecule has 24 heavy (non-hydrogen) atoms. The van der Waals surface area contributed by atoms with Crippen LogP contribution < -0.4 is 0 Å². The first kappa shape index (κ1) is 21.6. The number of esters is 2. The van der Waals surface area contributed by atoms with Gasteiger partial charge < -0.3 is 19.7 Å². The van der Waals surface area contributed by atoms with E-state index in [2.05, 4.69) is 0 Å². The lowest BCUT2D eigenvalue weighted by atomic mass is 10.0. The number of carboxylic acid groups (broad SMARTS) is 2. The molecule has 0 aliphatic heterocycles. The van der Waals surface area contributed by atoms with Crippen LogP contribution in [0.3, 0.4) is 0 Å². The molecule has 0 spiro atoms. The van der Waals surface area contributed by atoms with E-state index in [1.54, 1.807) is 27.7 Å². The van der Waals surface area contributed by atoms with Crippen LogP contribution in [-0.2, 0) is 28.7 Å². The van der Waals surface area contributed by atoms with Crippen LogP contribution >= 0.6 is 0 Å². The Morgan fingerprint density at radius 1 is 0.708 bits per heavy atom. The van der Waals surface area contributed by atoms with Gasteiger partial charge in [0.1, 0.15) is 0 Å². The molecule has 0 unspecified atom stereocenters. The summed E-state index contributed by atoms with van der Waals surface area (Å²) in [5.41, 5.74) is -1.37. The third-order valence-corrected chi connectivity index (χ3v) is 2.68. The van der Waals surface area contributed by atoms with E-state index in [1.807, 2.05) is 0 Å². The van der Waals surface area contributed by atoms with Gasteiger partial charge in [-0.3, -0.25) is 9.59 Å². The highest BCUT2D eigenvalue weighted by Gasteiger charge is 2.26. The van der Waals surface area contributed by atoms with Gasteiger partial charge in [-0.2, -0.15) is 0 Å². The SMILES string of the molecule is CC(C)COC(=O)C/C(C(=O)O)=C(/CC(=O)OCC(C)C)C(=O)O. The maximum Gasteiger partial charge on any atom is 0.332 e. The van der Waals surface area contributed by atoms with Crippen molar-refractivity contribution in [3.8, 4) is 0 Å². The number of aliphatic carboxylic acids is 2. The van der Waals surface area contributed by atoms with Crippen molar-refractivity contribution in [3.05, 3.63) is 11.1 Å². The molecule has 136 valence electrons. The molecular formula is C16H24O8. The lowest BCUT2D eigenvalue weighted by molar-refractivity contribution is -0.147. The Hall–Kier alpha value is -2.38. The van der Waals surface area contributed by atoms with Gasteiger partial charge in [-0.05, 0) is 11.8 Å². The quantitative estimate of drug-likeness (QED) is 0.452. The first-order chi connectivity index (χ1) is 11.0. The normalized spacial score (nSPS) is 11.9. The molecule has 0 aromatic carbocycles. The van der Waals surface area contributed by atoms with Crippen LogP contribution in [0, 0.1) is 11.8 Å². The maximum absolute atomic E-state index is 11.7. The largest absolute Gasteiger partial charge is 0.478 e. The van der Waals surface area contributed by atoms with Gasteiger partial charge >= 0.3 is 23.9 Å². The molecule has 0 amide bonds. The molecule has 8 nitrogen and oxygen atoms in total. The summed E-state index contributed by atoms with van der Waals surface area (Å²) in [5, 5.41) is 18.3. The Balaban J connectivity index is 5.22. The van der Waals surface area contributed by atoms with Crippen molar-refractivity contribution >= 4 is 23.9 Å². The number of ether oxygens (including phenoxy) is 2. The zero-order valence-corrected chi connectivity index (χ0v) is 14.3. The van der Waals surface area contributed by atoms with Crippen LogP contribution in [-0.4, -0.2) is 47.3 Å². The molecule has 0 atom stereocenters. The van der Waals surface area contributed by atoms with Crippen molar-refractivity contribution in [2.45, 2.75) is 40.5 Å². The summed E-state index contributed by atoms with van der Waals surface area (Å²) >= 11 is 0. The van der Waals surface area contributed by atoms with E-state index in [9.17, 15) is 19.2 Å². The summed E-state index contributed by atoms with van der Waals surface area (Å²) < 4.78 is 9.70. The average Bonchev–Trinajstić information content (AvgIpc) is 2.45. The van der Waals surface area contributed by atoms with E-state index in [1.165, 1.54) is 0 Å². The van der Waals surface area contributed by atoms with Gasteiger partial charge in [-0.1, -0.05) is 27.7 Å². The summed E-state index contributed by atoms with van der Waals surface area (Å²) in [7, 11) is 0. The lowest BCUT2D eigenvalue weighted by Gasteiger charge is -2.11. The average molecular weight is 344 g/mol. The van der Waals surface area contributed by atoms with Crippen molar-refractivity contribution < 1.29 is 38.9 Å². The monoisotopic (exact) mass is 344 g/mol. The summed E-state index contributed by atoms with van der Waals surface area (Å²) in [4.78, 5) is 45.9. The fourth-order valence-corrected chi connectivity index (χ4v) is 1.53. The zero-order valence-electron chi connectivity index (χ0n) is 14.3. The molecular weight excluding hydrogens is 320 g/mol. The van der Waals surface area contributed by atoms with Gasteiger partial charge in [0.25, 0.3) is 0 Å². The maximum atomic E-state index is 11.7. The Labute approximate surface area is 140 Å². The minimum Gasteiger partial charge on any atom is -0.478 e. The van der Waals surface area contributed by atoms with Crippen molar-refractivity contribution in [2.75, 3.05) is 13.2 Å². The molecule has 0 bridgehead atoms. The van der Waals surface area contributed by atoms with Crippen molar-refractivity contribution in [1.82, 2.24) is 0 Å². The van der Waals surface area contributed by atoms with E-state index >= 15 is 0 Å². The number of hydrogen-bond donors (Lipinski definition) is 2. The summed E-state index contributed by atoms with van der Waals surface area (Å²) in [6.07, 6.45) is -1.47. The third-order valence-electron chi connectivity index (χ3n) is 2.68. The highest BCUT2D eigenvalue weighted by Crippen LogP contribution is 2.16. The fraction of sp³-hybridized carbons (Fsp3) is 0.625. The second-order valence-electron chi connectivity index (χ2n) is 6.07. The molecule has 0 saturated heterocycles. The molecule has 0 aromatic rings. The predicted octanol–water partition coefficient (Wildman–Crippen LogP) is 1.63. The van der Waals surface area contributed by atoms with E-state index in [4.69, 9.17) is 19.7 Å². The van der Waals surface area contributed by atoms with Crippen LogP contribution in [0.4, 0.5) is 0 Å². The minimum absolute atomic E-state index is 0.0520. The highest BCUT2D eigenvalue weighted by molar-refractivity contribution is 6.04. The summed E-state index contributed by atoms with van der Waals surface area (Å²) in [6, 6.07) is 0. The zero-order chi connectivity index (χ0) is 18.9. The van der Waals surface area contributed by atoms with Crippen LogP contribution in [0.25, 0.3) is 0 Å². The highest BCUT2D eigenvalue weighted by atomic mass is 16.5. The van der Waals surface area contributed by atoms with Gasteiger partial charge in [0.2, 0.25) is 0 Å². The van der Waals surface area contributed by atoms with Crippen molar-refractivity contribution in [2.24, 2.45) is 11.8 Å². The molecule has 0 aliphatic carbocycles. The Morgan fingerprint density at radius 2 is 1.00 bits per heavy atom. The van der Waals surface area contributed by atoms with Gasteiger partial charge in [0, 0.05) is 0 Å². The van der Waals surface area contributed by atoms with E-state index in [0.29, 0.717) is 0 Å². The smallest absolute Gasteiger partial charge is 0.332 e. The van der Waals surface area contributed by atoms with Crippen LogP contribution in [0.2, 0.25) is 0 Å². The number of carboxylic acids is 2. The Morgan fingerprint density at radius 3 is 1.21 bits per heavy atom. The summed E-state index contributed by atoms with van der Waals surface area (Å²) in [6.45, 7) is 7.38. The van der Waals surface area contributed by atoms with Crippen molar-refractivity contribution in [1.29, 1.82) is 0 Å². The van der Waals surface area contributed by atoms with E-state index in [0.717, 1.165) is 0 Å². The number of carbonyl (C=O) groups excluding carboxylic acids is 2. The topological polar surface area (TPSA) is 127 Å². The number of carbonyl (C=O) groups is 4. The molecule has 0 saturated carbocycles. The van der Waals surface area contributed by atoms with Gasteiger partial charge in [-0.15, -0.1) is 0 Å². The van der Waals surface area contributed by atoms with E-state index in [-0.39, 0.29) is 25.0 Å². The molecule has 0 aliphatic rings. The van der Waals surface area contributed by atoms with Crippen LogP contribution in [0.1, 0.15) is 40.5 Å². The molecule has 0 fully saturated rings.